The second-order valence-electron chi connectivity index (χ2n) is 6.30. The molecule has 1 amide bonds. The molecule has 3 aromatic heterocycles. The number of benzene rings is 1. The topological polar surface area (TPSA) is 97.4 Å². The number of carboxylic acids is 1. The minimum atomic E-state index is -4.67. The molecule has 0 aliphatic rings. The van der Waals surface area contributed by atoms with Crippen LogP contribution in [0.4, 0.5) is 18.2 Å². The minimum absolute atomic E-state index is 0.0120. The molecule has 11 heteroatoms. The van der Waals surface area contributed by atoms with Crippen LogP contribution in [0, 0.1) is 0 Å². The van der Waals surface area contributed by atoms with Crippen molar-refractivity contribution in [3.8, 4) is 11.3 Å². The van der Waals surface area contributed by atoms with E-state index < -0.39 is 23.7 Å². The zero-order chi connectivity index (χ0) is 21.6. The molecule has 154 valence electrons. The fraction of sp³-hybridized carbons (Fsp3) is 0.105. The van der Waals surface area contributed by atoms with Crippen molar-refractivity contribution < 1.29 is 32.3 Å². The Morgan fingerprint density at radius 2 is 1.97 bits per heavy atom. The smallest absolute Gasteiger partial charge is 0.435 e. The zero-order valence-electron chi connectivity index (χ0n) is 15.1. The van der Waals surface area contributed by atoms with Crippen LogP contribution in [0.15, 0.2) is 46.2 Å². The highest BCUT2D eigenvalue weighted by Gasteiger charge is 2.35. The van der Waals surface area contributed by atoms with Crippen molar-refractivity contribution in [2.24, 2.45) is 7.05 Å². The van der Waals surface area contributed by atoms with E-state index in [0.29, 0.717) is 11.0 Å². The predicted octanol–water partition coefficient (Wildman–Crippen LogP) is 4.86. The van der Waals surface area contributed by atoms with Gasteiger partial charge in [-0.15, -0.1) is 11.3 Å². The Morgan fingerprint density at radius 3 is 2.60 bits per heavy atom. The second kappa shape index (κ2) is 7.02. The Labute approximate surface area is 170 Å². The molecule has 30 heavy (non-hydrogen) atoms. The molecule has 0 aliphatic heterocycles. The van der Waals surface area contributed by atoms with E-state index >= 15 is 0 Å². The third-order valence-corrected chi connectivity index (χ3v) is 5.22. The standard InChI is InChI=1S/C19H12F3N3O4S/c1-25-11(7-14(24-25)19(20,21)22)10-8-30-17(15(10)18(27)28)23-16(26)13-6-9-4-2-3-5-12(9)29-13/h2-8H,1H3,(H,23,26)(H,27,28). The average molecular weight is 435 g/mol. The molecule has 2 N–H and O–H groups in total. The van der Waals surface area contributed by atoms with E-state index in [9.17, 15) is 27.9 Å². The molecule has 0 radical (unpaired) electrons. The first-order valence-corrected chi connectivity index (χ1v) is 9.29. The van der Waals surface area contributed by atoms with Gasteiger partial charge in [-0.2, -0.15) is 18.3 Å². The third-order valence-electron chi connectivity index (χ3n) is 4.33. The number of hydrogen-bond acceptors (Lipinski definition) is 5. The zero-order valence-corrected chi connectivity index (χ0v) is 16.0. The van der Waals surface area contributed by atoms with Gasteiger partial charge in [0, 0.05) is 23.4 Å². The van der Waals surface area contributed by atoms with Gasteiger partial charge in [-0.25, -0.2) is 4.79 Å². The van der Waals surface area contributed by atoms with Gasteiger partial charge in [-0.05, 0) is 18.2 Å². The maximum atomic E-state index is 13.0. The van der Waals surface area contributed by atoms with Crippen molar-refractivity contribution in [2.75, 3.05) is 5.32 Å². The number of rotatable bonds is 4. The number of hydrogen-bond donors (Lipinski definition) is 2. The first kappa shape index (κ1) is 19.7. The average Bonchev–Trinajstić information content (AvgIpc) is 3.36. The number of aromatic nitrogens is 2. The number of furan rings is 1. The van der Waals surface area contributed by atoms with Crippen LogP contribution in [-0.4, -0.2) is 26.8 Å². The van der Waals surface area contributed by atoms with E-state index in [0.717, 1.165) is 22.1 Å². The van der Waals surface area contributed by atoms with Gasteiger partial charge in [0.25, 0.3) is 5.91 Å². The van der Waals surface area contributed by atoms with Crippen molar-refractivity contribution in [3.05, 3.63) is 58.8 Å². The van der Waals surface area contributed by atoms with Gasteiger partial charge in [0.1, 0.15) is 16.1 Å². The van der Waals surface area contributed by atoms with Gasteiger partial charge < -0.3 is 14.8 Å². The fourth-order valence-electron chi connectivity index (χ4n) is 2.97. The Hall–Kier alpha value is -3.60. The molecule has 0 fully saturated rings. The summed E-state index contributed by atoms with van der Waals surface area (Å²) in [6.07, 6.45) is -4.67. The maximum absolute atomic E-state index is 13.0. The number of amides is 1. The van der Waals surface area contributed by atoms with Crippen LogP contribution in [0.25, 0.3) is 22.2 Å². The van der Waals surface area contributed by atoms with Gasteiger partial charge in [0.15, 0.2) is 11.5 Å². The van der Waals surface area contributed by atoms with E-state index in [4.69, 9.17) is 4.42 Å². The van der Waals surface area contributed by atoms with Crippen LogP contribution >= 0.6 is 11.3 Å². The number of nitrogens with zero attached hydrogens (tertiary/aromatic N) is 2. The highest BCUT2D eigenvalue weighted by molar-refractivity contribution is 7.15. The van der Waals surface area contributed by atoms with Crippen molar-refractivity contribution in [3.63, 3.8) is 0 Å². The highest BCUT2D eigenvalue weighted by atomic mass is 32.1. The number of para-hydroxylation sites is 1. The normalized spacial score (nSPS) is 11.7. The Kier molecular flexibility index (Phi) is 4.61. The van der Waals surface area contributed by atoms with Crippen LogP contribution in [0.1, 0.15) is 26.6 Å². The summed E-state index contributed by atoms with van der Waals surface area (Å²) in [4.78, 5) is 24.4. The lowest BCUT2D eigenvalue weighted by Gasteiger charge is -2.05. The number of alkyl halides is 3. The van der Waals surface area contributed by atoms with Crippen molar-refractivity contribution in [2.45, 2.75) is 6.18 Å². The molecule has 4 rings (SSSR count). The molecule has 4 aromatic rings. The summed E-state index contributed by atoms with van der Waals surface area (Å²) in [6.45, 7) is 0. The molecule has 0 atom stereocenters. The number of aryl methyl sites for hydroxylation is 1. The molecule has 0 unspecified atom stereocenters. The molecule has 0 bridgehead atoms. The third kappa shape index (κ3) is 3.43. The summed E-state index contributed by atoms with van der Waals surface area (Å²) in [7, 11) is 1.28. The van der Waals surface area contributed by atoms with Crippen LogP contribution in [0.5, 0.6) is 0 Å². The lowest BCUT2D eigenvalue weighted by atomic mass is 10.1. The summed E-state index contributed by atoms with van der Waals surface area (Å²) < 4.78 is 45.3. The van der Waals surface area contributed by atoms with E-state index in [1.807, 2.05) is 0 Å². The molecule has 0 spiro atoms. The molecular formula is C19H12F3N3O4S. The number of anilines is 1. The number of carbonyl (C=O) groups excluding carboxylic acids is 1. The van der Waals surface area contributed by atoms with Gasteiger partial charge in [-0.1, -0.05) is 18.2 Å². The second-order valence-corrected chi connectivity index (χ2v) is 7.18. The molecule has 3 heterocycles. The van der Waals surface area contributed by atoms with Crippen molar-refractivity contribution in [1.29, 1.82) is 0 Å². The summed E-state index contributed by atoms with van der Waals surface area (Å²) in [5.41, 5.74) is -1.02. The number of fused-ring (bicyclic) bond motifs is 1. The largest absolute Gasteiger partial charge is 0.478 e. The molecule has 0 saturated carbocycles. The van der Waals surface area contributed by atoms with E-state index in [-0.39, 0.29) is 27.6 Å². The highest BCUT2D eigenvalue weighted by Crippen LogP contribution is 2.38. The summed E-state index contributed by atoms with van der Waals surface area (Å²) in [5.74, 6) is -2.11. The molecule has 1 aromatic carbocycles. The number of nitrogens with one attached hydrogen (secondary N) is 1. The predicted molar refractivity (Wildman–Crippen MR) is 103 cm³/mol. The lowest BCUT2D eigenvalue weighted by molar-refractivity contribution is -0.141. The number of halogens is 3. The fourth-order valence-corrected chi connectivity index (χ4v) is 3.91. The quantitative estimate of drug-likeness (QED) is 0.477. The molecular weight excluding hydrogens is 423 g/mol. The summed E-state index contributed by atoms with van der Waals surface area (Å²) in [5, 5.41) is 17.5. The SMILES string of the molecule is Cn1nc(C(F)(F)F)cc1-c1csc(NC(=O)c2cc3ccccc3o2)c1C(=O)O. The number of carboxylic acid groups (broad SMARTS) is 1. The van der Waals surface area contributed by atoms with Crippen LogP contribution in [-0.2, 0) is 13.2 Å². The van der Waals surface area contributed by atoms with Crippen LogP contribution in [0.3, 0.4) is 0 Å². The Balaban J connectivity index is 1.70. The monoisotopic (exact) mass is 435 g/mol. The van der Waals surface area contributed by atoms with Gasteiger partial charge in [0.05, 0.1) is 5.69 Å². The lowest BCUT2D eigenvalue weighted by Crippen LogP contribution is -2.13. The van der Waals surface area contributed by atoms with Gasteiger partial charge in [0.2, 0.25) is 0 Å². The van der Waals surface area contributed by atoms with Gasteiger partial charge in [-0.3, -0.25) is 9.48 Å². The maximum Gasteiger partial charge on any atom is 0.435 e. The molecule has 0 saturated heterocycles. The number of carbonyl (C=O) groups is 2. The minimum Gasteiger partial charge on any atom is -0.478 e. The molecule has 0 aliphatic carbocycles. The van der Waals surface area contributed by atoms with Crippen LogP contribution in [0.2, 0.25) is 0 Å². The summed E-state index contributed by atoms with van der Waals surface area (Å²) >= 11 is 0.878. The first-order valence-electron chi connectivity index (χ1n) is 8.41. The Morgan fingerprint density at radius 1 is 1.23 bits per heavy atom. The number of thiophene rings is 1. The van der Waals surface area contributed by atoms with Gasteiger partial charge >= 0.3 is 12.1 Å². The van der Waals surface area contributed by atoms with E-state index in [2.05, 4.69) is 10.4 Å². The van der Waals surface area contributed by atoms with E-state index in [1.54, 1.807) is 24.3 Å². The summed E-state index contributed by atoms with van der Waals surface area (Å²) in [6, 6.07) is 9.22. The number of aromatic carboxylic acids is 1. The van der Waals surface area contributed by atoms with Crippen molar-refractivity contribution >= 4 is 39.2 Å². The van der Waals surface area contributed by atoms with E-state index in [1.165, 1.54) is 18.5 Å². The van der Waals surface area contributed by atoms with Crippen molar-refractivity contribution in [1.82, 2.24) is 9.78 Å². The Bertz CT molecular complexity index is 1250. The first-order chi connectivity index (χ1) is 14.1. The van der Waals surface area contributed by atoms with Crippen LogP contribution < -0.4 is 5.32 Å². The molecule has 7 nitrogen and oxygen atoms in total.